The summed E-state index contributed by atoms with van der Waals surface area (Å²) in [6, 6.07) is 8.48. The van der Waals surface area contributed by atoms with Crippen LogP contribution in [0.15, 0.2) is 73.1 Å². The maximum Gasteiger partial charge on any atom is 0.106 e. The van der Waals surface area contributed by atoms with Gasteiger partial charge < -0.3 is 4.90 Å². The molecule has 2 atom stereocenters. The Hall–Kier alpha value is -2.85. The van der Waals surface area contributed by atoms with Crippen LogP contribution in [0.25, 0.3) is 5.57 Å². The molecule has 1 aliphatic rings. The van der Waals surface area contributed by atoms with E-state index in [4.69, 9.17) is 0 Å². The molecular formula is C31H44N4. The summed E-state index contributed by atoms with van der Waals surface area (Å²) in [5.74, 6) is 0.671. The fourth-order valence-electron chi connectivity index (χ4n) is 4.56. The Labute approximate surface area is 213 Å². The lowest BCUT2D eigenvalue weighted by Crippen LogP contribution is -2.31. The van der Waals surface area contributed by atoms with Crippen LogP contribution in [0, 0.1) is 26.7 Å². The Kier molecular flexibility index (Phi) is 9.73. The highest BCUT2D eigenvalue weighted by Gasteiger charge is 2.17. The first-order valence-corrected chi connectivity index (χ1v) is 13.0. The molecular weight excluding hydrogens is 428 g/mol. The van der Waals surface area contributed by atoms with Gasteiger partial charge in [0.05, 0.1) is 6.20 Å². The minimum absolute atomic E-state index is 0.0803. The van der Waals surface area contributed by atoms with Gasteiger partial charge in [-0.25, -0.2) is 0 Å². The van der Waals surface area contributed by atoms with E-state index in [1.807, 2.05) is 6.20 Å². The molecule has 0 spiro atoms. The lowest BCUT2D eigenvalue weighted by molar-refractivity contribution is 0.343. The number of nitrogens with one attached hydrogen (secondary N) is 1. The van der Waals surface area contributed by atoms with Crippen molar-refractivity contribution >= 4 is 5.57 Å². The molecule has 0 radical (unpaired) electrons. The van der Waals surface area contributed by atoms with E-state index in [1.54, 1.807) is 0 Å². The second-order valence-electron chi connectivity index (χ2n) is 10.1. The summed E-state index contributed by atoms with van der Waals surface area (Å²) in [6.07, 6.45) is 14.1. The summed E-state index contributed by atoms with van der Waals surface area (Å²) < 4.78 is 2.12. The molecule has 0 saturated heterocycles. The van der Waals surface area contributed by atoms with Crippen molar-refractivity contribution in [3.8, 4) is 0 Å². The van der Waals surface area contributed by atoms with Gasteiger partial charge in [0.1, 0.15) is 6.17 Å². The summed E-state index contributed by atoms with van der Waals surface area (Å²) in [7, 11) is 2.16. The van der Waals surface area contributed by atoms with Crippen LogP contribution in [0.4, 0.5) is 0 Å². The fourth-order valence-corrected chi connectivity index (χ4v) is 4.56. The molecule has 0 saturated carbocycles. The van der Waals surface area contributed by atoms with Crippen molar-refractivity contribution in [1.29, 1.82) is 0 Å². The molecule has 4 nitrogen and oxygen atoms in total. The zero-order valence-corrected chi connectivity index (χ0v) is 22.5. The average molecular weight is 473 g/mol. The van der Waals surface area contributed by atoms with Crippen LogP contribution in [0.3, 0.4) is 0 Å². The minimum atomic E-state index is 0.0803. The summed E-state index contributed by atoms with van der Waals surface area (Å²) in [5.41, 5.74) is 8.70. The highest BCUT2D eigenvalue weighted by molar-refractivity contribution is 5.66. The first-order valence-electron chi connectivity index (χ1n) is 13.0. The number of rotatable bonds is 13. The van der Waals surface area contributed by atoms with Gasteiger partial charge in [-0.05, 0) is 81.2 Å². The van der Waals surface area contributed by atoms with Crippen molar-refractivity contribution in [3.63, 3.8) is 0 Å². The third kappa shape index (κ3) is 7.57. The van der Waals surface area contributed by atoms with Gasteiger partial charge in [0.2, 0.25) is 0 Å². The molecule has 0 aliphatic heterocycles. The number of hydrogen-bond donors (Lipinski definition) is 1. The van der Waals surface area contributed by atoms with Gasteiger partial charge in [0.25, 0.3) is 0 Å². The van der Waals surface area contributed by atoms with E-state index in [0.717, 1.165) is 50.8 Å². The highest BCUT2D eigenvalue weighted by atomic mass is 15.4. The number of benzene rings is 1. The molecule has 35 heavy (non-hydrogen) atoms. The van der Waals surface area contributed by atoms with Gasteiger partial charge in [0.15, 0.2) is 0 Å². The third-order valence-electron chi connectivity index (χ3n) is 7.23. The lowest BCUT2D eigenvalue weighted by Gasteiger charge is -2.25. The smallest absolute Gasteiger partial charge is 0.106 e. The summed E-state index contributed by atoms with van der Waals surface area (Å²) in [5, 5.41) is 8.44. The predicted molar refractivity (Wildman–Crippen MR) is 150 cm³/mol. The normalized spacial score (nSPS) is 16.1. The van der Waals surface area contributed by atoms with Crippen LogP contribution < -0.4 is 5.32 Å². The number of aryl methyl sites for hydroxylation is 2. The van der Waals surface area contributed by atoms with E-state index in [0.29, 0.717) is 5.92 Å². The standard InChI is InChI=1S/C31H44N4/c1-23-13-16-29(17-14-23)18-15-27(5)34(7)20-10-19-32-31(35-28(6)26(4)22-33-35)21-25(3)30-12-9-8-11-24(30)2/h8-9,11-13,16-17,22-23,31-32H,3,5,10,14-15,18-21H2,1-2,4,6-7H3. The first-order chi connectivity index (χ1) is 16.8. The Morgan fingerprint density at radius 2 is 1.97 bits per heavy atom. The van der Waals surface area contributed by atoms with Gasteiger partial charge in [-0.3, -0.25) is 10.00 Å². The average Bonchev–Trinajstić information content (AvgIpc) is 3.18. The van der Waals surface area contributed by atoms with Crippen LogP contribution in [-0.2, 0) is 0 Å². The van der Waals surface area contributed by atoms with Crippen molar-refractivity contribution in [3.05, 3.63) is 95.5 Å². The zero-order chi connectivity index (χ0) is 25.4. The Balaban J connectivity index is 1.51. The summed E-state index contributed by atoms with van der Waals surface area (Å²) in [4.78, 5) is 2.31. The molecule has 3 rings (SSSR count). The molecule has 4 heteroatoms. The van der Waals surface area contributed by atoms with E-state index < -0.39 is 0 Å². The summed E-state index contributed by atoms with van der Waals surface area (Å²) in [6.45, 7) is 19.3. The molecule has 0 amide bonds. The van der Waals surface area contributed by atoms with Crippen LogP contribution >= 0.6 is 0 Å². The van der Waals surface area contributed by atoms with Gasteiger partial charge in [-0.1, -0.05) is 68.1 Å². The molecule has 1 aromatic carbocycles. The highest BCUT2D eigenvalue weighted by Crippen LogP contribution is 2.26. The lowest BCUT2D eigenvalue weighted by atomic mass is 9.96. The van der Waals surface area contributed by atoms with Gasteiger partial charge in [-0.2, -0.15) is 5.10 Å². The van der Waals surface area contributed by atoms with Crippen LogP contribution in [0.5, 0.6) is 0 Å². The van der Waals surface area contributed by atoms with Crippen LogP contribution in [-0.4, -0.2) is 34.8 Å². The molecule has 2 aromatic rings. The first kappa shape index (κ1) is 26.7. The van der Waals surface area contributed by atoms with E-state index in [-0.39, 0.29) is 6.17 Å². The molecule has 2 unspecified atom stereocenters. The number of hydrogen-bond acceptors (Lipinski definition) is 3. The van der Waals surface area contributed by atoms with E-state index in [1.165, 1.54) is 33.7 Å². The summed E-state index contributed by atoms with van der Waals surface area (Å²) >= 11 is 0. The Bertz CT molecular complexity index is 1070. The quantitative estimate of drug-likeness (QED) is 0.315. The number of allylic oxidation sites excluding steroid dienone is 5. The number of nitrogens with zero attached hydrogens (tertiary/aromatic N) is 3. The Morgan fingerprint density at radius 1 is 1.20 bits per heavy atom. The van der Waals surface area contributed by atoms with Crippen molar-refractivity contribution < 1.29 is 0 Å². The molecule has 1 heterocycles. The van der Waals surface area contributed by atoms with Crippen LogP contribution in [0.2, 0.25) is 0 Å². The second-order valence-corrected chi connectivity index (χ2v) is 10.1. The molecule has 1 aliphatic carbocycles. The maximum absolute atomic E-state index is 4.68. The third-order valence-corrected chi connectivity index (χ3v) is 7.23. The maximum atomic E-state index is 4.68. The van der Waals surface area contributed by atoms with Crippen molar-refractivity contribution in [2.45, 2.75) is 66.0 Å². The van der Waals surface area contributed by atoms with Gasteiger partial charge >= 0.3 is 0 Å². The fraction of sp³-hybridized carbons (Fsp3) is 0.452. The van der Waals surface area contributed by atoms with Crippen molar-refractivity contribution in [2.75, 3.05) is 20.1 Å². The van der Waals surface area contributed by atoms with E-state index in [9.17, 15) is 0 Å². The zero-order valence-electron chi connectivity index (χ0n) is 22.5. The van der Waals surface area contributed by atoms with E-state index >= 15 is 0 Å². The minimum Gasteiger partial charge on any atom is -0.378 e. The SMILES string of the molecule is C=C(CC(NCCCN(C)C(=C)CCC1=CCC(C)C=C1)n1ncc(C)c1C)c1ccccc1C. The second kappa shape index (κ2) is 12.7. The largest absolute Gasteiger partial charge is 0.378 e. The predicted octanol–water partition coefficient (Wildman–Crippen LogP) is 7.14. The molecule has 1 N–H and O–H groups in total. The number of aromatic nitrogens is 2. The molecule has 188 valence electrons. The molecule has 1 aromatic heterocycles. The molecule has 0 fully saturated rings. The Morgan fingerprint density at radius 3 is 2.63 bits per heavy atom. The van der Waals surface area contributed by atoms with E-state index in [2.05, 4.69) is 110 Å². The van der Waals surface area contributed by atoms with Crippen LogP contribution in [0.1, 0.15) is 67.6 Å². The van der Waals surface area contributed by atoms with Crippen molar-refractivity contribution in [1.82, 2.24) is 20.0 Å². The van der Waals surface area contributed by atoms with Crippen molar-refractivity contribution in [2.24, 2.45) is 5.92 Å². The topological polar surface area (TPSA) is 33.1 Å². The van der Waals surface area contributed by atoms with Gasteiger partial charge in [0, 0.05) is 31.4 Å². The molecule has 0 bridgehead atoms. The monoisotopic (exact) mass is 472 g/mol. The van der Waals surface area contributed by atoms with Gasteiger partial charge in [-0.15, -0.1) is 0 Å².